The highest BCUT2D eigenvalue weighted by Crippen LogP contribution is 2.41. The third kappa shape index (κ3) is 5.26. The summed E-state index contributed by atoms with van der Waals surface area (Å²) < 4.78 is 5.35. The fourth-order valence-electron chi connectivity index (χ4n) is 3.22. The summed E-state index contributed by atoms with van der Waals surface area (Å²) in [6, 6.07) is 0. The van der Waals surface area contributed by atoms with Gasteiger partial charge in [0.05, 0.1) is 6.61 Å². The number of nitrogens with one attached hydrogen (secondary N) is 1. The van der Waals surface area contributed by atoms with Crippen molar-refractivity contribution >= 4 is 5.97 Å². The maximum absolute atomic E-state index is 12.5. The Morgan fingerprint density at radius 2 is 1.86 bits per heavy atom. The van der Waals surface area contributed by atoms with E-state index in [2.05, 4.69) is 45.1 Å². The van der Waals surface area contributed by atoms with Gasteiger partial charge in [0.15, 0.2) is 0 Å². The lowest BCUT2D eigenvalue weighted by Crippen LogP contribution is -2.56. The summed E-state index contributed by atoms with van der Waals surface area (Å²) in [6.45, 7) is 11.0. The average Bonchev–Trinajstić information content (AvgIpc) is 2.38. The lowest BCUT2D eigenvalue weighted by atomic mass is 9.67. The van der Waals surface area contributed by atoms with Crippen LogP contribution < -0.4 is 5.32 Å². The van der Waals surface area contributed by atoms with Gasteiger partial charge in [0.25, 0.3) is 0 Å². The number of likely N-dealkylation sites (N-methyl/N-ethyl adjacent to an activating group) is 1. The predicted octanol–water partition coefficient (Wildman–Crippen LogP) is 2.68. The third-order valence-electron chi connectivity index (χ3n) is 4.75. The number of esters is 1. The summed E-state index contributed by atoms with van der Waals surface area (Å²) in [5.41, 5.74) is -0.141. The Kier molecular flexibility index (Phi) is 6.67. The van der Waals surface area contributed by atoms with Crippen LogP contribution in [0.5, 0.6) is 0 Å². The molecular formula is C17H34N2O2. The number of carbonyl (C=O) groups is 1. The zero-order valence-corrected chi connectivity index (χ0v) is 14.8. The van der Waals surface area contributed by atoms with Crippen LogP contribution >= 0.6 is 0 Å². The number of nitrogens with zero attached hydrogens (tertiary/aromatic N) is 1. The van der Waals surface area contributed by atoms with E-state index < -0.39 is 5.54 Å². The zero-order chi connectivity index (χ0) is 16.1. The van der Waals surface area contributed by atoms with Gasteiger partial charge in [-0.15, -0.1) is 0 Å². The maximum Gasteiger partial charge on any atom is 0.326 e. The lowest BCUT2D eigenvalue weighted by molar-refractivity contribution is -0.153. The molecule has 0 aromatic carbocycles. The van der Waals surface area contributed by atoms with Gasteiger partial charge >= 0.3 is 5.97 Å². The van der Waals surface area contributed by atoms with Crippen LogP contribution in [0.3, 0.4) is 0 Å². The molecule has 0 atom stereocenters. The minimum absolute atomic E-state index is 0.0592. The van der Waals surface area contributed by atoms with E-state index in [4.69, 9.17) is 4.74 Å². The molecule has 0 aromatic rings. The maximum atomic E-state index is 12.5. The summed E-state index contributed by atoms with van der Waals surface area (Å²) in [6.07, 6.45) is 3.97. The van der Waals surface area contributed by atoms with Crippen LogP contribution in [0.25, 0.3) is 0 Å². The fourth-order valence-corrected chi connectivity index (χ4v) is 3.22. The highest BCUT2D eigenvalue weighted by molar-refractivity contribution is 5.81. The van der Waals surface area contributed by atoms with Crippen LogP contribution in [0, 0.1) is 11.3 Å². The van der Waals surface area contributed by atoms with Crippen LogP contribution in [0.1, 0.15) is 53.4 Å². The second-order valence-electron chi connectivity index (χ2n) is 7.67. The van der Waals surface area contributed by atoms with Crippen LogP contribution in [0.2, 0.25) is 0 Å². The molecule has 1 saturated carbocycles. The Bertz CT molecular complexity index is 326. The Morgan fingerprint density at radius 3 is 2.29 bits per heavy atom. The summed E-state index contributed by atoms with van der Waals surface area (Å²) in [4.78, 5) is 14.6. The average molecular weight is 298 g/mol. The molecule has 1 rings (SSSR count). The SMILES string of the molecule is CCOC(=O)C1(NCCN(C)C)CCC(C(C)(C)C)CC1. The molecule has 1 aliphatic carbocycles. The van der Waals surface area contributed by atoms with Gasteiger partial charge in [-0.1, -0.05) is 20.8 Å². The first-order valence-corrected chi connectivity index (χ1v) is 8.28. The minimum Gasteiger partial charge on any atom is -0.465 e. The van der Waals surface area contributed by atoms with Crippen LogP contribution in [-0.2, 0) is 9.53 Å². The standard InChI is InChI=1S/C17H34N2O2/c1-7-21-15(20)17(18-12-13-19(5)6)10-8-14(9-11-17)16(2,3)4/h14,18H,7-13H2,1-6H3. The molecule has 0 aromatic heterocycles. The largest absolute Gasteiger partial charge is 0.465 e. The summed E-state index contributed by atoms with van der Waals surface area (Å²) in [7, 11) is 4.10. The molecule has 1 N–H and O–H groups in total. The smallest absolute Gasteiger partial charge is 0.326 e. The van der Waals surface area contributed by atoms with E-state index in [9.17, 15) is 4.79 Å². The zero-order valence-electron chi connectivity index (χ0n) is 14.8. The molecule has 0 radical (unpaired) electrons. The van der Waals surface area contributed by atoms with E-state index >= 15 is 0 Å². The molecule has 0 saturated heterocycles. The lowest BCUT2D eigenvalue weighted by Gasteiger charge is -2.43. The Balaban J connectivity index is 2.69. The van der Waals surface area contributed by atoms with Crippen LogP contribution in [0.15, 0.2) is 0 Å². The van der Waals surface area contributed by atoms with Crippen molar-refractivity contribution in [2.45, 2.75) is 58.9 Å². The van der Waals surface area contributed by atoms with E-state index in [0.717, 1.165) is 38.8 Å². The highest BCUT2D eigenvalue weighted by atomic mass is 16.5. The molecule has 4 heteroatoms. The first kappa shape index (κ1) is 18.4. The second kappa shape index (κ2) is 7.59. The van der Waals surface area contributed by atoms with Gasteiger partial charge in [0.1, 0.15) is 5.54 Å². The number of carbonyl (C=O) groups excluding carboxylic acids is 1. The fraction of sp³-hybridized carbons (Fsp3) is 0.941. The molecule has 0 aliphatic heterocycles. The van der Waals surface area contributed by atoms with Crippen molar-refractivity contribution in [3.63, 3.8) is 0 Å². The van der Waals surface area contributed by atoms with Gasteiger partial charge in [-0.2, -0.15) is 0 Å². The quantitative estimate of drug-likeness (QED) is 0.766. The van der Waals surface area contributed by atoms with Gasteiger partial charge in [0.2, 0.25) is 0 Å². The monoisotopic (exact) mass is 298 g/mol. The Hall–Kier alpha value is -0.610. The number of hydrogen-bond donors (Lipinski definition) is 1. The first-order valence-electron chi connectivity index (χ1n) is 8.28. The molecule has 0 unspecified atom stereocenters. The predicted molar refractivity (Wildman–Crippen MR) is 87.3 cm³/mol. The Morgan fingerprint density at radius 1 is 1.29 bits per heavy atom. The van der Waals surface area contributed by atoms with Crippen molar-refractivity contribution in [3.8, 4) is 0 Å². The van der Waals surface area contributed by atoms with Crippen molar-refractivity contribution < 1.29 is 9.53 Å². The minimum atomic E-state index is -0.465. The molecule has 0 heterocycles. The number of rotatable bonds is 6. The van der Waals surface area contributed by atoms with Crippen molar-refractivity contribution in [3.05, 3.63) is 0 Å². The van der Waals surface area contributed by atoms with Gasteiger partial charge in [0, 0.05) is 13.1 Å². The molecular weight excluding hydrogens is 264 g/mol. The third-order valence-corrected chi connectivity index (χ3v) is 4.75. The molecule has 0 bridgehead atoms. The molecule has 0 amide bonds. The normalized spacial score (nSPS) is 26.9. The molecule has 21 heavy (non-hydrogen) atoms. The van der Waals surface area contributed by atoms with Crippen molar-refractivity contribution in [1.29, 1.82) is 0 Å². The topological polar surface area (TPSA) is 41.6 Å². The number of hydrogen-bond acceptors (Lipinski definition) is 4. The summed E-state index contributed by atoms with van der Waals surface area (Å²) >= 11 is 0. The molecule has 124 valence electrons. The second-order valence-corrected chi connectivity index (χ2v) is 7.67. The summed E-state index contributed by atoms with van der Waals surface area (Å²) in [5.74, 6) is 0.631. The molecule has 0 spiro atoms. The van der Waals surface area contributed by atoms with Gasteiger partial charge < -0.3 is 15.0 Å². The van der Waals surface area contributed by atoms with E-state index in [1.807, 2.05) is 6.92 Å². The molecule has 1 fully saturated rings. The molecule has 4 nitrogen and oxygen atoms in total. The molecule has 1 aliphatic rings. The van der Waals surface area contributed by atoms with Crippen LogP contribution in [0.4, 0.5) is 0 Å². The first-order chi connectivity index (χ1) is 9.71. The van der Waals surface area contributed by atoms with Crippen molar-refractivity contribution in [2.75, 3.05) is 33.8 Å². The highest BCUT2D eigenvalue weighted by Gasteiger charge is 2.44. The van der Waals surface area contributed by atoms with E-state index in [0.29, 0.717) is 17.9 Å². The van der Waals surface area contributed by atoms with Crippen LogP contribution in [-0.4, -0.2) is 50.2 Å². The Labute approximate surface area is 130 Å². The van der Waals surface area contributed by atoms with Gasteiger partial charge in [-0.05, 0) is 58.0 Å². The van der Waals surface area contributed by atoms with Gasteiger partial charge in [-0.25, -0.2) is 0 Å². The van der Waals surface area contributed by atoms with Crippen molar-refractivity contribution in [1.82, 2.24) is 10.2 Å². The van der Waals surface area contributed by atoms with Gasteiger partial charge in [-0.3, -0.25) is 4.79 Å². The van der Waals surface area contributed by atoms with E-state index in [1.165, 1.54) is 0 Å². The van der Waals surface area contributed by atoms with E-state index in [1.54, 1.807) is 0 Å². The van der Waals surface area contributed by atoms with Crippen molar-refractivity contribution in [2.24, 2.45) is 11.3 Å². The number of ether oxygens (including phenoxy) is 1. The van der Waals surface area contributed by atoms with E-state index in [-0.39, 0.29) is 5.97 Å². The summed E-state index contributed by atoms with van der Waals surface area (Å²) in [5, 5.41) is 3.51.